The largest absolute Gasteiger partial charge is 0.370 e. The smallest absolute Gasteiger partial charge is 0.225 e. The molecule has 1 aromatic rings. The van der Waals surface area contributed by atoms with Crippen LogP contribution in [0.4, 0.5) is 5.95 Å². The van der Waals surface area contributed by atoms with Gasteiger partial charge in [0.15, 0.2) is 5.96 Å². The van der Waals surface area contributed by atoms with E-state index in [2.05, 4.69) is 24.8 Å². The van der Waals surface area contributed by atoms with E-state index in [4.69, 9.17) is 5.73 Å². The molecule has 2 aliphatic heterocycles. The van der Waals surface area contributed by atoms with E-state index < -0.39 is 0 Å². The van der Waals surface area contributed by atoms with Gasteiger partial charge >= 0.3 is 0 Å². The van der Waals surface area contributed by atoms with Crippen molar-refractivity contribution in [2.45, 2.75) is 32.7 Å². The number of nitrogens with zero attached hydrogens (tertiary/aromatic N) is 5. The number of nitrogens with two attached hydrogens (primary N) is 1. The quantitative estimate of drug-likeness (QED) is 0.655. The van der Waals surface area contributed by atoms with Crippen molar-refractivity contribution < 1.29 is 0 Å². The molecule has 2 N–H and O–H groups in total. The molecule has 6 heteroatoms. The molecule has 0 aliphatic carbocycles. The zero-order valence-corrected chi connectivity index (χ0v) is 12.0. The van der Waals surface area contributed by atoms with Gasteiger partial charge in [-0.1, -0.05) is 0 Å². The fourth-order valence-electron chi connectivity index (χ4n) is 2.56. The summed E-state index contributed by atoms with van der Waals surface area (Å²) in [4.78, 5) is 17.9. The van der Waals surface area contributed by atoms with Gasteiger partial charge in [-0.05, 0) is 32.3 Å². The van der Waals surface area contributed by atoms with Crippen LogP contribution in [-0.4, -0.2) is 47.0 Å². The summed E-state index contributed by atoms with van der Waals surface area (Å²) >= 11 is 0. The van der Waals surface area contributed by atoms with Crippen LogP contribution in [0.5, 0.6) is 0 Å². The number of aryl methyl sites for hydroxylation is 1. The maximum absolute atomic E-state index is 5.95. The standard InChI is InChI=1S/C14H22N6/c1-11-9-12(10-16-13(15)19-7-4-8-19)18-14(17-11)20-5-2-3-6-20/h9H,2-8,10H2,1H3,(H2,15,16). The lowest BCUT2D eigenvalue weighted by Crippen LogP contribution is -2.46. The zero-order valence-electron chi connectivity index (χ0n) is 12.0. The third-order valence-corrected chi connectivity index (χ3v) is 3.87. The Morgan fingerprint density at radius 1 is 1.20 bits per heavy atom. The molecule has 0 spiro atoms. The van der Waals surface area contributed by atoms with Gasteiger partial charge in [0.25, 0.3) is 0 Å². The van der Waals surface area contributed by atoms with Gasteiger partial charge in [-0.2, -0.15) is 0 Å². The Bertz CT molecular complexity index is 502. The van der Waals surface area contributed by atoms with Gasteiger partial charge in [0.2, 0.25) is 5.95 Å². The SMILES string of the molecule is Cc1cc(CN=C(N)N2CCC2)nc(N2CCCC2)n1. The van der Waals surface area contributed by atoms with E-state index in [0.717, 1.165) is 43.5 Å². The monoisotopic (exact) mass is 274 g/mol. The molecule has 0 saturated carbocycles. The van der Waals surface area contributed by atoms with Crippen molar-refractivity contribution in [3.05, 3.63) is 17.5 Å². The molecular weight excluding hydrogens is 252 g/mol. The second-order valence-corrected chi connectivity index (χ2v) is 5.51. The summed E-state index contributed by atoms with van der Waals surface area (Å²) in [5, 5.41) is 0. The zero-order chi connectivity index (χ0) is 13.9. The van der Waals surface area contributed by atoms with Crippen molar-refractivity contribution >= 4 is 11.9 Å². The van der Waals surface area contributed by atoms with E-state index in [9.17, 15) is 0 Å². The lowest BCUT2D eigenvalue weighted by molar-refractivity contribution is 0.295. The summed E-state index contributed by atoms with van der Waals surface area (Å²) < 4.78 is 0. The third kappa shape index (κ3) is 2.84. The number of anilines is 1. The van der Waals surface area contributed by atoms with Crippen LogP contribution in [0.25, 0.3) is 0 Å². The molecule has 0 radical (unpaired) electrons. The van der Waals surface area contributed by atoms with Gasteiger partial charge in [0, 0.05) is 31.9 Å². The number of hydrogen-bond donors (Lipinski definition) is 1. The summed E-state index contributed by atoms with van der Waals surface area (Å²) in [6.45, 7) is 6.71. The van der Waals surface area contributed by atoms with E-state index in [1.165, 1.54) is 19.3 Å². The highest BCUT2D eigenvalue weighted by molar-refractivity contribution is 5.78. The molecule has 3 rings (SSSR count). The van der Waals surface area contributed by atoms with E-state index in [0.29, 0.717) is 12.5 Å². The summed E-state index contributed by atoms with van der Waals surface area (Å²) in [6, 6.07) is 1.99. The average molecular weight is 274 g/mol. The van der Waals surface area contributed by atoms with Crippen LogP contribution in [-0.2, 0) is 6.54 Å². The molecule has 2 fully saturated rings. The van der Waals surface area contributed by atoms with Crippen LogP contribution in [0.3, 0.4) is 0 Å². The second kappa shape index (κ2) is 5.64. The van der Waals surface area contributed by atoms with Gasteiger partial charge in [0.1, 0.15) is 0 Å². The van der Waals surface area contributed by atoms with Gasteiger partial charge in [-0.15, -0.1) is 0 Å². The van der Waals surface area contributed by atoms with Crippen molar-refractivity contribution in [1.29, 1.82) is 0 Å². The third-order valence-electron chi connectivity index (χ3n) is 3.87. The summed E-state index contributed by atoms with van der Waals surface area (Å²) in [5.41, 5.74) is 7.89. The Labute approximate surface area is 119 Å². The highest BCUT2D eigenvalue weighted by Crippen LogP contribution is 2.17. The minimum Gasteiger partial charge on any atom is -0.370 e. The first-order valence-corrected chi connectivity index (χ1v) is 7.37. The summed E-state index contributed by atoms with van der Waals surface area (Å²) in [5.74, 6) is 1.48. The summed E-state index contributed by atoms with van der Waals surface area (Å²) in [7, 11) is 0. The minimum absolute atomic E-state index is 0.534. The van der Waals surface area contributed by atoms with Crippen LogP contribution >= 0.6 is 0 Å². The van der Waals surface area contributed by atoms with Gasteiger partial charge in [-0.25, -0.2) is 15.0 Å². The van der Waals surface area contributed by atoms with Gasteiger partial charge in [-0.3, -0.25) is 0 Å². The number of aliphatic imine (C=N–C) groups is 1. The molecule has 6 nitrogen and oxygen atoms in total. The lowest BCUT2D eigenvalue weighted by atomic mass is 10.2. The molecule has 2 aliphatic rings. The van der Waals surface area contributed by atoms with Crippen molar-refractivity contribution in [3.8, 4) is 0 Å². The molecular formula is C14H22N6. The molecule has 20 heavy (non-hydrogen) atoms. The van der Waals surface area contributed by atoms with Gasteiger partial charge < -0.3 is 15.5 Å². The number of aromatic nitrogens is 2. The number of rotatable bonds is 3. The molecule has 2 saturated heterocycles. The maximum atomic E-state index is 5.95. The molecule has 0 bridgehead atoms. The molecule has 0 aromatic carbocycles. The Kier molecular flexibility index (Phi) is 3.71. The fraction of sp³-hybridized carbons (Fsp3) is 0.643. The first kappa shape index (κ1) is 13.1. The second-order valence-electron chi connectivity index (χ2n) is 5.51. The number of guanidine groups is 1. The predicted molar refractivity (Wildman–Crippen MR) is 79.7 cm³/mol. The van der Waals surface area contributed by atoms with E-state index in [1.54, 1.807) is 0 Å². The van der Waals surface area contributed by atoms with Crippen molar-refractivity contribution in [2.75, 3.05) is 31.1 Å². The van der Waals surface area contributed by atoms with E-state index >= 15 is 0 Å². The van der Waals surface area contributed by atoms with Crippen LogP contribution in [0, 0.1) is 6.92 Å². The van der Waals surface area contributed by atoms with Crippen molar-refractivity contribution in [2.24, 2.45) is 10.7 Å². The van der Waals surface area contributed by atoms with Crippen LogP contribution in [0.2, 0.25) is 0 Å². The van der Waals surface area contributed by atoms with Crippen molar-refractivity contribution in [1.82, 2.24) is 14.9 Å². The minimum atomic E-state index is 0.534. The Morgan fingerprint density at radius 3 is 2.60 bits per heavy atom. The van der Waals surface area contributed by atoms with Crippen LogP contribution in [0.15, 0.2) is 11.1 Å². The van der Waals surface area contributed by atoms with Gasteiger partial charge in [0.05, 0.1) is 12.2 Å². The first-order chi connectivity index (χ1) is 9.72. The number of hydrogen-bond acceptors (Lipinski definition) is 4. The Balaban J connectivity index is 1.72. The highest BCUT2D eigenvalue weighted by atomic mass is 15.3. The average Bonchev–Trinajstić information content (AvgIpc) is 2.87. The molecule has 0 amide bonds. The fourth-order valence-corrected chi connectivity index (χ4v) is 2.56. The Morgan fingerprint density at radius 2 is 1.95 bits per heavy atom. The topological polar surface area (TPSA) is 70.6 Å². The normalized spacial score (nSPS) is 19.4. The maximum Gasteiger partial charge on any atom is 0.225 e. The molecule has 108 valence electrons. The number of likely N-dealkylation sites (tertiary alicyclic amines) is 1. The highest BCUT2D eigenvalue weighted by Gasteiger charge is 2.17. The molecule has 0 unspecified atom stereocenters. The van der Waals surface area contributed by atoms with E-state index in [-0.39, 0.29) is 0 Å². The Hall–Kier alpha value is -1.85. The lowest BCUT2D eigenvalue weighted by Gasteiger charge is -2.31. The molecule has 3 heterocycles. The first-order valence-electron chi connectivity index (χ1n) is 7.37. The molecule has 1 aromatic heterocycles. The summed E-state index contributed by atoms with van der Waals surface area (Å²) in [6.07, 6.45) is 3.67. The molecule has 0 atom stereocenters. The van der Waals surface area contributed by atoms with E-state index in [1.807, 2.05) is 13.0 Å². The predicted octanol–water partition coefficient (Wildman–Crippen LogP) is 0.906. The van der Waals surface area contributed by atoms with Crippen molar-refractivity contribution in [3.63, 3.8) is 0 Å². The van der Waals surface area contributed by atoms with Crippen LogP contribution < -0.4 is 10.6 Å². The van der Waals surface area contributed by atoms with Crippen LogP contribution in [0.1, 0.15) is 30.7 Å².